The molecule has 2 aromatic heterocycles. The van der Waals surface area contributed by atoms with Gasteiger partial charge in [-0.3, -0.25) is 14.0 Å². The highest BCUT2D eigenvalue weighted by Gasteiger charge is 2.39. The number of anilines is 1. The topological polar surface area (TPSA) is 70.8 Å². The van der Waals surface area contributed by atoms with E-state index < -0.39 is 0 Å². The van der Waals surface area contributed by atoms with Gasteiger partial charge in [-0.15, -0.1) is 10.2 Å². The van der Waals surface area contributed by atoms with Crippen molar-refractivity contribution >= 4 is 23.1 Å². The number of hydrogen-bond acceptors (Lipinski definition) is 4. The van der Waals surface area contributed by atoms with E-state index in [1.165, 1.54) is 17.5 Å². The fourth-order valence-corrected chi connectivity index (χ4v) is 5.63. The molecule has 6 rings (SSSR count). The van der Waals surface area contributed by atoms with Crippen LogP contribution in [0.3, 0.4) is 0 Å². The van der Waals surface area contributed by atoms with Crippen LogP contribution in [0.4, 0.5) is 5.69 Å². The Balaban J connectivity index is 1.17. The van der Waals surface area contributed by atoms with Gasteiger partial charge in [-0.25, -0.2) is 0 Å². The quantitative estimate of drug-likeness (QED) is 0.642. The molecule has 2 aliphatic heterocycles. The number of carbonyl (C=O) groups excluding carboxylic acids is 2. The Hall–Kier alpha value is -3.22. The minimum absolute atomic E-state index is 0.0540. The highest BCUT2D eigenvalue weighted by molar-refractivity contribution is 6.00. The van der Waals surface area contributed by atoms with Crippen molar-refractivity contribution in [3.8, 4) is 0 Å². The molecule has 0 spiro atoms. The van der Waals surface area contributed by atoms with Crippen LogP contribution in [0.2, 0.25) is 0 Å². The Morgan fingerprint density at radius 1 is 1.00 bits per heavy atom. The number of nitrogens with zero attached hydrogens (tertiary/aromatic N) is 5. The van der Waals surface area contributed by atoms with Crippen LogP contribution in [0.25, 0.3) is 5.65 Å². The molecular formula is C25H27N5O2. The molecule has 3 aliphatic rings. The molecule has 0 unspecified atom stereocenters. The van der Waals surface area contributed by atoms with E-state index in [-0.39, 0.29) is 23.7 Å². The van der Waals surface area contributed by atoms with Gasteiger partial charge in [0.15, 0.2) is 5.65 Å². The van der Waals surface area contributed by atoms with Gasteiger partial charge >= 0.3 is 0 Å². The Morgan fingerprint density at radius 3 is 2.84 bits per heavy atom. The molecule has 7 heteroatoms. The van der Waals surface area contributed by atoms with Gasteiger partial charge in [-0.2, -0.15) is 0 Å². The summed E-state index contributed by atoms with van der Waals surface area (Å²) in [5, 5.41) is 8.69. The lowest BCUT2D eigenvalue weighted by Crippen LogP contribution is -2.43. The zero-order valence-corrected chi connectivity index (χ0v) is 18.1. The second kappa shape index (κ2) is 7.73. The van der Waals surface area contributed by atoms with Crippen molar-refractivity contribution in [2.45, 2.75) is 44.4 Å². The van der Waals surface area contributed by atoms with Crippen LogP contribution >= 0.6 is 0 Å². The first-order chi connectivity index (χ1) is 15.7. The molecule has 1 aromatic carbocycles. The molecule has 0 saturated carbocycles. The molecule has 2 amide bonds. The van der Waals surface area contributed by atoms with E-state index in [2.05, 4.69) is 22.3 Å². The van der Waals surface area contributed by atoms with Gasteiger partial charge in [-0.1, -0.05) is 12.1 Å². The second-order valence-corrected chi connectivity index (χ2v) is 9.32. The lowest BCUT2D eigenvalue weighted by atomic mass is 9.95. The van der Waals surface area contributed by atoms with Gasteiger partial charge in [0, 0.05) is 43.9 Å². The van der Waals surface area contributed by atoms with Crippen LogP contribution in [0, 0.1) is 5.92 Å². The normalized spacial score (nSPS) is 23.2. The molecule has 0 N–H and O–H groups in total. The van der Waals surface area contributed by atoms with Gasteiger partial charge < -0.3 is 9.80 Å². The molecule has 0 radical (unpaired) electrons. The number of fused-ring (bicyclic) bond motifs is 2. The highest BCUT2D eigenvalue weighted by atomic mass is 16.2. The smallest absolute Gasteiger partial charge is 0.228 e. The van der Waals surface area contributed by atoms with Crippen LogP contribution in [-0.2, 0) is 22.4 Å². The summed E-state index contributed by atoms with van der Waals surface area (Å²) in [6.07, 6.45) is 7.60. The number of benzene rings is 1. The Bertz CT molecular complexity index is 1200. The number of carbonyl (C=O) groups is 2. The summed E-state index contributed by atoms with van der Waals surface area (Å²) in [6.45, 7) is 1.86. The minimum atomic E-state index is -0.273. The molecule has 2 atom stereocenters. The number of pyridine rings is 1. The van der Waals surface area contributed by atoms with Crippen LogP contribution in [0.15, 0.2) is 42.6 Å². The zero-order valence-electron chi connectivity index (χ0n) is 18.1. The highest BCUT2D eigenvalue weighted by Crippen LogP contribution is 2.33. The zero-order chi connectivity index (χ0) is 21.7. The number of piperidine rings is 1. The SMILES string of the molecule is O=C([C@@H]1CC(=O)N(c2ccc3c(c2)CCC3)C1)N1CCC[C@@H](c2nnc3ccccn23)C1. The maximum absolute atomic E-state index is 13.4. The van der Waals surface area contributed by atoms with Crippen molar-refractivity contribution in [3.63, 3.8) is 0 Å². The average molecular weight is 430 g/mol. The summed E-state index contributed by atoms with van der Waals surface area (Å²) in [6, 6.07) is 12.2. The average Bonchev–Trinajstić information content (AvgIpc) is 3.56. The largest absolute Gasteiger partial charge is 0.342 e. The molecule has 4 heterocycles. The maximum atomic E-state index is 13.4. The first kappa shape index (κ1) is 19.5. The van der Waals surface area contributed by atoms with Crippen molar-refractivity contribution in [2.75, 3.05) is 24.5 Å². The van der Waals surface area contributed by atoms with E-state index >= 15 is 0 Å². The monoisotopic (exact) mass is 429 g/mol. The molecule has 0 bridgehead atoms. The number of aromatic nitrogens is 3. The van der Waals surface area contributed by atoms with Gasteiger partial charge in [0.2, 0.25) is 11.8 Å². The van der Waals surface area contributed by atoms with Crippen molar-refractivity contribution in [3.05, 3.63) is 59.5 Å². The number of hydrogen-bond donors (Lipinski definition) is 0. The number of rotatable bonds is 3. The first-order valence-corrected chi connectivity index (χ1v) is 11.7. The van der Waals surface area contributed by atoms with Crippen LogP contribution in [0.1, 0.15) is 48.6 Å². The van der Waals surface area contributed by atoms with Crippen molar-refractivity contribution in [2.24, 2.45) is 5.92 Å². The fraction of sp³-hybridized carbons (Fsp3) is 0.440. The molecule has 2 saturated heterocycles. The number of aryl methyl sites for hydroxylation is 2. The third-order valence-electron chi connectivity index (χ3n) is 7.31. The lowest BCUT2D eigenvalue weighted by molar-refractivity contribution is -0.137. The van der Waals surface area contributed by atoms with Gasteiger partial charge in [-0.05, 0) is 67.5 Å². The van der Waals surface area contributed by atoms with E-state index in [4.69, 9.17) is 0 Å². The Labute approximate surface area is 187 Å². The third-order valence-corrected chi connectivity index (χ3v) is 7.31. The summed E-state index contributed by atoms with van der Waals surface area (Å²) < 4.78 is 2.02. The van der Waals surface area contributed by atoms with E-state index in [1.54, 1.807) is 0 Å². The molecule has 2 fully saturated rings. The van der Waals surface area contributed by atoms with Crippen LogP contribution in [0.5, 0.6) is 0 Å². The predicted molar refractivity (Wildman–Crippen MR) is 120 cm³/mol. The molecule has 1 aliphatic carbocycles. The predicted octanol–water partition coefficient (Wildman–Crippen LogP) is 2.98. The Morgan fingerprint density at radius 2 is 1.91 bits per heavy atom. The molecule has 7 nitrogen and oxygen atoms in total. The van der Waals surface area contributed by atoms with Crippen molar-refractivity contribution in [1.82, 2.24) is 19.5 Å². The summed E-state index contributed by atoms with van der Waals surface area (Å²) in [4.78, 5) is 30.0. The first-order valence-electron chi connectivity index (χ1n) is 11.7. The maximum Gasteiger partial charge on any atom is 0.228 e. The Kier molecular flexibility index (Phi) is 4.70. The standard InChI is InChI=1S/C25H27N5O2/c31-23-14-20(16-30(23)21-10-9-17-5-3-6-18(17)13-21)25(32)28-11-4-7-19(15-28)24-27-26-22-8-1-2-12-29(22)24/h1-2,8-10,12-13,19-20H,3-7,11,14-16H2/t19-,20-/m1/s1. The molecule has 3 aromatic rings. The van der Waals surface area contributed by atoms with Gasteiger partial charge in [0.25, 0.3) is 0 Å². The third kappa shape index (κ3) is 3.27. The van der Waals surface area contributed by atoms with E-state index in [0.29, 0.717) is 19.5 Å². The summed E-state index contributed by atoms with van der Waals surface area (Å²) >= 11 is 0. The summed E-state index contributed by atoms with van der Waals surface area (Å²) in [7, 11) is 0. The number of likely N-dealkylation sites (tertiary alicyclic amines) is 1. The van der Waals surface area contributed by atoms with Gasteiger partial charge in [0.1, 0.15) is 5.82 Å². The van der Waals surface area contributed by atoms with Gasteiger partial charge in [0.05, 0.1) is 5.92 Å². The lowest BCUT2D eigenvalue weighted by Gasteiger charge is -2.33. The summed E-state index contributed by atoms with van der Waals surface area (Å²) in [5.41, 5.74) is 4.52. The molecular weight excluding hydrogens is 402 g/mol. The van der Waals surface area contributed by atoms with Crippen LogP contribution < -0.4 is 4.90 Å². The molecule has 32 heavy (non-hydrogen) atoms. The van der Waals surface area contributed by atoms with E-state index in [0.717, 1.165) is 49.4 Å². The number of amides is 2. The summed E-state index contributed by atoms with van der Waals surface area (Å²) in [5.74, 6) is 0.957. The molecule has 164 valence electrons. The van der Waals surface area contributed by atoms with Crippen LogP contribution in [-0.4, -0.2) is 50.9 Å². The van der Waals surface area contributed by atoms with Crippen molar-refractivity contribution in [1.29, 1.82) is 0 Å². The van der Waals surface area contributed by atoms with E-state index in [1.807, 2.05) is 44.7 Å². The van der Waals surface area contributed by atoms with E-state index in [9.17, 15) is 9.59 Å². The fourth-order valence-electron chi connectivity index (χ4n) is 5.63. The second-order valence-electron chi connectivity index (χ2n) is 9.32. The minimum Gasteiger partial charge on any atom is -0.342 e. The van der Waals surface area contributed by atoms with Crippen molar-refractivity contribution < 1.29 is 9.59 Å².